The predicted molar refractivity (Wildman–Crippen MR) is 86.0 cm³/mol. The maximum atomic E-state index is 2.28. The third-order valence-electron chi connectivity index (χ3n) is 4.51. The Bertz CT molecular complexity index is 846. The van der Waals surface area contributed by atoms with E-state index in [9.17, 15) is 0 Å². The molecule has 1 aliphatic carbocycles. The largest absolute Gasteiger partial charge is 0.212 e. The molecule has 0 atom stereocenters. The smallest absolute Gasteiger partial charge is 0.201 e. The molecule has 0 aliphatic heterocycles. The second-order valence-electron chi connectivity index (χ2n) is 5.81. The molecular weight excluding hydrogens is 254 g/mol. The number of hydrogen-bond acceptors (Lipinski definition) is 0. The molecule has 1 nitrogen and oxygen atoms in total. The van der Waals surface area contributed by atoms with Gasteiger partial charge in [0.1, 0.15) is 7.05 Å². The summed E-state index contributed by atoms with van der Waals surface area (Å²) >= 11 is 0. The Labute approximate surface area is 125 Å². The minimum atomic E-state index is 1.04. The number of benzene rings is 2. The second-order valence-corrected chi connectivity index (χ2v) is 5.81. The van der Waals surface area contributed by atoms with Gasteiger partial charge in [-0.1, -0.05) is 36.4 Å². The topological polar surface area (TPSA) is 3.88 Å². The van der Waals surface area contributed by atoms with Crippen LogP contribution in [-0.2, 0) is 13.5 Å². The van der Waals surface area contributed by atoms with Crippen LogP contribution in [0.15, 0.2) is 60.8 Å². The van der Waals surface area contributed by atoms with E-state index in [1.54, 1.807) is 0 Å². The van der Waals surface area contributed by atoms with Gasteiger partial charge in [0.25, 0.3) is 0 Å². The van der Waals surface area contributed by atoms with Crippen molar-refractivity contribution in [2.75, 3.05) is 0 Å². The third kappa shape index (κ3) is 1.81. The second kappa shape index (κ2) is 4.56. The van der Waals surface area contributed by atoms with Gasteiger partial charge in [0.15, 0.2) is 6.20 Å². The van der Waals surface area contributed by atoms with Gasteiger partial charge in [-0.3, -0.25) is 0 Å². The van der Waals surface area contributed by atoms with E-state index in [2.05, 4.69) is 79.3 Å². The molecule has 1 aromatic heterocycles. The summed E-state index contributed by atoms with van der Waals surface area (Å²) in [4.78, 5) is 0. The van der Waals surface area contributed by atoms with Crippen molar-refractivity contribution in [2.24, 2.45) is 7.05 Å². The number of hydrogen-bond donors (Lipinski definition) is 0. The van der Waals surface area contributed by atoms with Crippen LogP contribution in [0, 0.1) is 6.92 Å². The number of pyridine rings is 1. The monoisotopic (exact) mass is 272 g/mol. The number of rotatable bonds is 1. The number of aromatic nitrogens is 1. The molecule has 0 saturated heterocycles. The molecule has 0 fully saturated rings. The lowest BCUT2D eigenvalue weighted by Gasteiger charge is -2.10. The summed E-state index contributed by atoms with van der Waals surface area (Å²) in [5.41, 5.74) is 9.74. The summed E-state index contributed by atoms with van der Waals surface area (Å²) in [5.74, 6) is 0. The lowest BCUT2D eigenvalue weighted by molar-refractivity contribution is -0.660. The summed E-state index contributed by atoms with van der Waals surface area (Å²) < 4.78 is 2.21. The molecule has 21 heavy (non-hydrogen) atoms. The van der Waals surface area contributed by atoms with Crippen LogP contribution in [0.2, 0.25) is 0 Å². The van der Waals surface area contributed by atoms with E-state index in [-0.39, 0.29) is 0 Å². The molecule has 0 N–H and O–H groups in total. The van der Waals surface area contributed by atoms with Crippen LogP contribution in [-0.4, -0.2) is 0 Å². The molecule has 0 bridgehead atoms. The van der Waals surface area contributed by atoms with E-state index >= 15 is 0 Å². The van der Waals surface area contributed by atoms with Crippen molar-refractivity contribution in [1.82, 2.24) is 0 Å². The normalized spacial score (nSPS) is 12.1. The SMILES string of the molecule is Cc1ccc2c(c1-c1cccc[n+]1C)Cc1ccccc1-2. The van der Waals surface area contributed by atoms with Gasteiger partial charge in [-0.05, 0) is 47.2 Å². The van der Waals surface area contributed by atoms with Gasteiger partial charge >= 0.3 is 0 Å². The summed E-state index contributed by atoms with van der Waals surface area (Å²) in [6.07, 6.45) is 3.16. The summed E-state index contributed by atoms with van der Waals surface area (Å²) in [6.45, 7) is 2.21. The highest BCUT2D eigenvalue weighted by atomic mass is 14.9. The molecule has 0 saturated carbocycles. The van der Waals surface area contributed by atoms with Gasteiger partial charge in [-0.25, -0.2) is 4.57 Å². The zero-order valence-electron chi connectivity index (χ0n) is 12.4. The van der Waals surface area contributed by atoms with Crippen molar-refractivity contribution in [3.63, 3.8) is 0 Å². The van der Waals surface area contributed by atoms with Gasteiger partial charge in [0.2, 0.25) is 5.69 Å². The maximum Gasteiger partial charge on any atom is 0.212 e. The summed E-state index contributed by atoms with van der Waals surface area (Å²) in [7, 11) is 2.12. The van der Waals surface area contributed by atoms with Crippen molar-refractivity contribution in [1.29, 1.82) is 0 Å². The standard InChI is InChI=1S/C20H18N/c1-14-10-11-17-16-8-4-3-7-15(16)13-18(17)20(14)19-9-5-6-12-21(19)2/h3-12H,13H2,1-2H3/q+1. The first-order valence-electron chi connectivity index (χ1n) is 7.41. The molecule has 1 aliphatic rings. The van der Waals surface area contributed by atoms with Gasteiger partial charge in [-0.15, -0.1) is 0 Å². The molecule has 0 radical (unpaired) electrons. The Hall–Kier alpha value is -2.41. The molecule has 102 valence electrons. The van der Waals surface area contributed by atoms with Crippen molar-refractivity contribution >= 4 is 0 Å². The zero-order chi connectivity index (χ0) is 14.4. The lowest BCUT2D eigenvalue weighted by atomic mass is 9.94. The Balaban J connectivity index is 2.01. The van der Waals surface area contributed by atoms with E-state index in [0.717, 1.165) is 6.42 Å². The first kappa shape index (κ1) is 12.3. The molecule has 0 spiro atoms. The van der Waals surface area contributed by atoms with E-state index in [1.807, 2.05) is 0 Å². The summed E-state index contributed by atoms with van der Waals surface area (Å²) in [5, 5.41) is 0. The quantitative estimate of drug-likeness (QED) is 0.460. The molecule has 1 heteroatoms. The number of aryl methyl sites for hydroxylation is 2. The van der Waals surface area contributed by atoms with Crippen LogP contribution in [0.3, 0.4) is 0 Å². The Kier molecular flexibility index (Phi) is 2.68. The Morgan fingerprint density at radius 2 is 1.67 bits per heavy atom. The van der Waals surface area contributed by atoms with Crippen LogP contribution in [0.4, 0.5) is 0 Å². The number of fused-ring (bicyclic) bond motifs is 3. The average molecular weight is 272 g/mol. The van der Waals surface area contributed by atoms with Gasteiger partial charge in [0, 0.05) is 12.1 Å². The van der Waals surface area contributed by atoms with Crippen LogP contribution < -0.4 is 4.57 Å². The van der Waals surface area contributed by atoms with E-state index in [0.29, 0.717) is 0 Å². The van der Waals surface area contributed by atoms with Crippen molar-refractivity contribution < 1.29 is 4.57 Å². The van der Waals surface area contributed by atoms with Crippen LogP contribution in [0.1, 0.15) is 16.7 Å². The van der Waals surface area contributed by atoms with Crippen molar-refractivity contribution in [3.05, 3.63) is 77.5 Å². The van der Waals surface area contributed by atoms with E-state index in [4.69, 9.17) is 0 Å². The Morgan fingerprint density at radius 1 is 0.857 bits per heavy atom. The average Bonchev–Trinajstić information content (AvgIpc) is 2.87. The van der Waals surface area contributed by atoms with Gasteiger partial charge in [-0.2, -0.15) is 0 Å². The van der Waals surface area contributed by atoms with Gasteiger partial charge in [0.05, 0.1) is 5.56 Å². The fraction of sp³-hybridized carbons (Fsp3) is 0.150. The summed E-state index contributed by atoms with van der Waals surface area (Å²) in [6, 6.07) is 19.7. The van der Waals surface area contributed by atoms with Crippen LogP contribution in [0.25, 0.3) is 22.4 Å². The fourth-order valence-corrected chi connectivity index (χ4v) is 3.47. The highest BCUT2D eigenvalue weighted by molar-refractivity contribution is 5.84. The molecule has 4 rings (SSSR count). The van der Waals surface area contributed by atoms with Crippen molar-refractivity contribution in [2.45, 2.75) is 13.3 Å². The van der Waals surface area contributed by atoms with Gasteiger partial charge < -0.3 is 0 Å². The number of nitrogens with zero attached hydrogens (tertiary/aromatic N) is 1. The highest BCUT2D eigenvalue weighted by Crippen LogP contribution is 2.42. The van der Waals surface area contributed by atoms with Crippen LogP contribution >= 0.6 is 0 Å². The molecular formula is C20H18N+. The third-order valence-corrected chi connectivity index (χ3v) is 4.51. The minimum Gasteiger partial charge on any atom is -0.201 e. The van der Waals surface area contributed by atoms with E-state index in [1.165, 1.54) is 39.1 Å². The highest BCUT2D eigenvalue weighted by Gasteiger charge is 2.25. The molecule has 1 heterocycles. The lowest BCUT2D eigenvalue weighted by Crippen LogP contribution is -2.30. The fourth-order valence-electron chi connectivity index (χ4n) is 3.47. The molecule has 0 unspecified atom stereocenters. The zero-order valence-corrected chi connectivity index (χ0v) is 12.4. The van der Waals surface area contributed by atoms with Crippen LogP contribution in [0.5, 0.6) is 0 Å². The predicted octanol–water partition coefficient (Wildman–Crippen LogP) is 4.06. The first-order chi connectivity index (χ1) is 10.3. The first-order valence-corrected chi connectivity index (χ1v) is 7.41. The maximum absolute atomic E-state index is 2.28. The van der Waals surface area contributed by atoms with Crippen molar-refractivity contribution in [3.8, 4) is 22.4 Å². The molecule has 3 aromatic rings. The van der Waals surface area contributed by atoms with E-state index < -0.39 is 0 Å². The molecule has 2 aromatic carbocycles. The molecule has 0 amide bonds. The minimum absolute atomic E-state index is 1.04. The Morgan fingerprint density at radius 3 is 2.52 bits per heavy atom.